The van der Waals surface area contributed by atoms with Crippen molar-refractivity contribution in [3.8, 4) is 5.75 Å². The maximum Gasteiger partial charge on any atom is 0.239 e. The second kappa shape index (κ2) is 3.81. The van der Waals surface area contributed by atoms with Gasteiger partial charge in [-0.3, -0.25) is 0 Å². The minimum Gasteiger partial charge on any atom is -0.497 e. The first kappa shape index (κ1) is 10.7. The molecule has 0 spiro atoms. The van der Waals surface area contributed by atoms with Crippen molar-refractivity contribution in [2.24, 2.45) is 5.14 Å². The van der Waals surface area contributed by atoms with Crippen molar-refractivity contribution in [2.45, 2.75) is 4.90 Å². The molecule has 13 heavy (non-hydrogen) atoms. The van der Waals surface area contributed by atoms with Crippen LogP contribution in [-0.4, -0.2) is 15.5 Å². The molecule has 6 heteroatoms. The average Bonchev–Trinajstić information content (AvgIpc) is 2.01. The summed E-state index contributed by atoms with van der Waals surface area (Å²) in [6.45, 7) is 0. The third-order valence-electron chi connectivity index (χ3n) is 1.45. The standard InChI is InChI=1S/C7H8INO3S/c1-12-5-2-3-7(6(8)4-5)13(9,10)11/h2-4H,1H3,(H2,9,10,11). The molecule has 0 bridgehead atoms. The fraction of sp³-hybridized carbons (Fsp3) is 0.143. The van der Waals surface area contributed by atoms with Crippen molar-refractivity contribution in [3.63, 3.8) is 0 Å². The first-order valence-electron chi connectivity index (χ1n) is 3.31. The zero-order valence-electron chi connectivity index (χ0n) is 6.82. The van der Waals surface area contributed by atoms with Crippen LogP contribution in [0.5, 0.6) is 5.75 Å². The number of rotatable bonds is 2. The third-order valence-corrected chi connectivity index (χ3v) is 3.67. The number of benzene rings is 1. The Morgan fingerprint density at radius 3 is 2.46 bits per heavy atom. The maximum absolute atomic E-state index is 11.0. The summed E-state index contributed by atoms with van der Waals surface area (Å²) >= 11 is 1.90. The summed E-state index contributed by atoms with van der Waals surface area (Å²) in [6.07, 6.45) is 0. The normalized spacial score (nSPS) is 11.3. The number of methoxy groups -OCH3 is 1. The predicted molar refractivity (Wildman–Crippen MR) is 57.1 cm³/mol. The summed E-state index contributed by atoms with van der Waals surface area (Å²) < 4.78 is 27.4. The predicted octanol–water partition coefficient (Wildman–Crippen LogP) is 0.947. The van der Waals surface area contributed by atoms with Gasteiger partial charge >= 0.3 is 0 Å². The Labute approximate surface area is 90.3 Å². The SMILES string of the molecule is COc1ccc(S(N)(=O)=O)c(I)c1. The number of ether oxygens (including phenoxy) is 1. The molecule has 0 fully saturated rings. The topological polar surface area (TPSA) is 69.4 Å². The molecule has 0 aliphatic carbocycles. The minimum absolute atomic E-state index is 0.119. The Morgan fingerprint density at radius 2 is 2.08 bits per heavy atom. The molecule has 0 radical (unpaired) electrons. The summed E-state index contributed by atoms with van der Waals surface area (Å²) in [6, 6.07) is 4.60. The highest BCUT2D eigenvalue weighted by atomic mass is 127. The van der Waals surface area contributed by atoms with Crippen LogP contribution in [0, 0.1) is 3.57 Å². The van der Waals surface area contributed by atoms with Gasteiger partial charge in [-0.25, -0.2) is 13.6 Å². The van der Waals surface area contributed by atoms with E-state index in [1.54, 1.807) is 12.1 Å². The van der Waals surface area contributed by atoms with Crippen LogP contribution < -0.4 is 9.88 Å². The van der Waals surface area contributed by atoms with Gasteiger partial charge in [-0.2, -0.15) is 0 Å². The lowest BCUT2D eigenvalue weighted by Crippen LogP contribution is -2.13. The van der Waals surface area contributed by atoms with Gasteiger partial charge in [0.05, 0.1) is 12.0 Å². The van der Waals surface area contributed by atoms with Gasteiger partial charge in [-0.1, -0.05) is 0 Å². The lowest BCUT2D eigenvalue weighted by atomic mass is 10.3. The van der Waals surface area contributed by atoms with Crippen molar-refractivity contribution in [1.82, 2.24) is 0 Å². The molecule has 0 aliphatic heterocycles. The van der Waals surface area contributed by atoms with E-state index in [0.717, 1.165) is 0 Å². The highest BCUT2D eigenvalue weighted by Crippen LogP contribution is 2.21. The molecule has 72 valence electrons. The van der Waals surface area contributed by atoms with Crippen LogP contribution in [0.2, 0.25) is 0 Å². The summed E-state index contributed by atoms with van der Waals surface area (Å²) in [7, 11) is -2.11. The fourth-order valence-corrected chi connectivity index (χ4v) is 2.84. The summed E-state index contributed by atoms with van der Waals surface area (Å²) in [5.41, 5.74) is 0. The molecule has 1 aromatic carbocycles. The molecule has 0 aliphatic rings. The molecule has 0 saturated heterocycles. The van der Waals surface area contributed by atoms with Crippen molar-refractivity contribution in [1.29, 1.82) is 0 Å². The largest absolute Gasteiger partial charge is 0.497 e. The first-order valence-corrected chi connectivity index (χ1v) is 5.94. The van der Waals surface area contributed by atoms with E-state index >= 15 is 0 Å². The molecule has 0 unspecified atom stereocenters. The highest BCUT2D eigenvalue weighted by Gasteiger charge is 2.12. The molecule has 0 aromatic heterocycles. The zero-order valence-corrected chi connectivity index (χ0v) is 9.79. The molecule has 0 atom stereocenters. The van der Waals surface area contributed by atoms with Gasteiger partial charge in [-0.15, -0.1) is 0 Å². The van der Waals surface area contributed by atoms with Crippen LogP contribution in [0.15, 0.2) is 23.1 Å². The monoisotopic (exact) mass is 313 g/mol. The molecule has 0 amide bonds. The smallest absolute Gasteiger partial charge is 0.239 e. The van der Waals surface area contributed by atoms with Crippen molar-refractivity contribution < 1.29 is 13.2 Å². The van der Waals surface area contributed by atoms with Gasteiger partial charge in [0.2, 0.25) is 10.0 Å². The van der Waals surface area contributed by atoms with E-state index in [1.165, 1.54) is 13.2 Å². The Balaban J connectivity index is 3.29. The molecule has 1 aromatic rings. The second-order valence-corrected chi connectivity index (χ2v) is 5.03. The van der Waals surface area contributed by atoms with Crippen LogP contribution in [0.3, 0.4) is 0 Å². The lowest BCUT2D eigenvalue weighted by molar-refractivity contribution is 0.414. The molecule has 0 saturated carbocycles. The second-order valence-electron chi connectivity index (χ2n) is 2.34. The fourth-order valence-electron chi connectivity index (χ4n) is 0.839. The lowest BCUT2D eigenvalue weighted by Gasteiger charge is -2.04. The highest BCUT2D eigenvalue weighted by molar-refractivity contribution is 14.1. The number of primary sulfonamides is 1. The van der Waals surface area contributed by atoms with E-state index in [2.05, 4.69) is 0 Å². The Hall–Kier alpha value is -0.340. The Morgan fingerprint density at radius 1 is 1.46 bits per heavy atom. The Bertz CT molecular complexity index is 416. The van der Waals surface area contributed by atoms with Crippen molar-refractivity contribution >= 4 is 32.6 Å². The van der Waals surface area contributed by atoms with E-state index in [-0.39, 0.29) is 4.90 Å². The van der Waals surface area contributed by atoms with Crippen LogP contribution in [0.4, 0.5) is 0 Å². The summed E-state index contributed by atoms with van der Waals surface area (Å²) in [5.74, 6) is 0.608. The molecule has 0 heterocycles. The first-order chi connectivity index (χ1) is 5.95. The molecule has 2 N–H and O–H groups in total. The zero-order chi connectivity index (χ0) is 10.1. The number of nitrogens with two attached hydrogens (primary N) is 1. The van der Waals surface area contributed by atoms with E-state index in [0.29, 0.717) is 9.32 Å². The van der Waals surface area contributed by atoms with Gasteiger partial charge in [0.25, 0.3) is 0 Å². The molecular formula is C7H8INO3S. The van der Waals surface area contributed by atoms with Gasteiger partial charge in [0.1, 0.15) is 5.75 Å². The quantitative estimate of drug-likeness (QED) is 0.827. The van der Waals surface area contributed by atoms with Crippen LogP contribution in [0.1, 0.15) is 0 Å². The molecular weight excluding hydrogens is 305 g/mol. The van der Waals surface area contributed by atoms with Crippen molar-refractivity contribution in [2.75, 3.05) is 7.11 Å². The van der Waals surface area contributed by atoms with E-state index < -0.39 is 10.0 Å². The Kier molecular flexibility index (Phi) is 3.14. The maximum atomic E-state index is 11.0. The van der Waals surface area contributed by atoms with Gasteiger partial charge < -0.3 is 4.74 Å². The number of hydrogen-bond donors (Lipinski definition) is 1. The van der Waals surface area contributed by atoms with Gasteiger partial charge in [0, 0.05) is 3.57 Å². The third kappa shape index (κ3) is 2.55. The summed E-state index contributed by atoms with van der Waals surface area (Å²) in [4.78, 5) is 0.119. The van der Waals surface area contributed by atoms with Crippen molar-refractivity contribution in [3.05, 3.63) is 21.8 Å². The van der Waals surface area contributed by atoms with Gasteiger partial charge in [-0.05, 0) is 40.8 Å². The number of sulfonamides is 1. The number of halogens is 1. The number of hydrogen-bond acceptors (Lipinski definition) is 3. The van der Waals surface area contributed by atoms with Gasteiger partial charge in [0.15, 0.2) is 0 Å². The van der Waals surface area contributed by atoms with Crippen LogP contribution >= 0.6 is 22.6 Å². The van der Waals surface area contributed by atoms with Crippen LogP contribution in [-0.2, 0) is 10.0 Å². The van der Waals surface area contributed by atoms with E-state index in [1.807, 2.05) is 22.6 Å². The van der Waals surface area contributed by atoms with E-state index in [4.69, 9.17) is 9.88 Å². The summed E-state index contributed by atoms with van der Waals surface area (Å²) in [5, 5.41) is 4.98. The van der Waals surface area contributed by atoms with Crippen LogP contribution in [0.25, 0.3) is 0 Å². The molecule has 4 nitrogen and oxygen atoms in total. The van der Waals surface area contributed by atoms with E-state index in [9.17, 15) is 8.42 Å². The molecule has 1 rings (SSSR count). The average molecular weight is 313 g/mol. The minimum atomic E-state index is -3.62.